The summed E-state index contributed by atoms with van der Waals surface area (Å²) >= 11 is 0. The number of aliphatic hydroxyl groups excluding tert-OH is 1. The zero-order chi connectivity index (χ0) is 14.4. The molecule has 1 atom stereocenters. The van der Waals surface area contributed by atoms with Crippen molar-refractivity contribution in [1.82, 2.24) is 4.90 Å². The van der Waals surface area contributed by atoms with Gasteiger partial charge in [0.1, 0.15) is 12.4 Å². The minimum Gasteiger partial charge on any atom is -0.384 e. The molecule has 1 unspecified atom stereocenters. The molecule has 2 rings (SSSR count). The van der Waals surface area contributed by atoms with Crippen LogP contribution < -0.4 is 0 Å². The van der Waals surface area contributed by atoms with Gasteiger partial charge in [-0.3, -0.25) is 4.90 Å². The van der Waals surface area contributed by atoms with Crippen LogP contribution in [0.4, 0.5) is 4.39 Å². The number of piperidine rings is 1. The molecular weight excluding hydrogens is 253 g/mol. The van der Waals surface area contributed by atoms with Crippen LogP contribution in [-0.2, 0) is 6.54 Å². The molecule has 1 saturated heterocycles. The Bertz CT molecular complexity index is 503. The molecule has 20 heavy (non-hydrogen) atoms. The highest BCUT2D eigenvalue weighted by Gasteiger charge is 2.19. The van der Waals surface area contributed by atoms with Gasteiger partial charge >= 0.3 is 0 Å². The van der Waals surface area contributed by atoms with Crippen molar-refractivity contribution < 1.29 is 9.50 Å². The van der Waals surface area contributed by atoms with Crippen molar-refractivity contribution in [1.29, 1.82) is 0 Å². The molecule has 0 aliphatic carbocycles. The van der Waals surface area contributed by atoms with Gasteiger partial charge in [0.15, 0.2) is 0 Å². The first-order valence-electron chi connectivity index (χ1n) is 7.33. The summed E-state index contributed by atoms with van der Waals surface area (Å²) in [5.74, 6) is 5.81. The molecule has 0 aromatic heterocycles. The molecule has 0 bridgehead atoms. The summed E-state index contributed by atoms with van der Waals surface area (Å²) in [5.41, 5.74) is 1.35. The zero-order valence-electron chi connectivity index (χ0n) is 12.0. The van der Waals surface area contributed by atoms with Gasteiger partial charge in [-0.2, -0.15) is 0 Å². The molecule has 1 aliphatic heterocycles. The standard InChI is InChI=1S/C17H22FNO/c1-2-14-5-3-9-19(12-14)13-16-8-7-15(6-4-10-20)11-17(16)18/h7-8,11,14,20H,2-3,5,9-10,12-13H2,1H3. The maximum atomic E-state index is 14.1. The van der Waals surface area contributed by atoms with Gasteiger partial charge in [0.05, 0.1) is 0 Å². The van der Waals surface area contributed by atoms with Crippen molar-refractivity contribution in [2.75, 3.05) is 19.7 Å². The van der Waals surface area contributed by atoms with E-state index in [0.717, 1.165) is 24.6 Å². The van der Waals surface area contributed by atoms with Crippen LogP contribution in [0.5, 0.6) is 0 Å². The predicted octanol–water partition coefficient (Wildman–Crippen LogP) is 2.79. The number of benzene rings is 1. The number of hydrogen-bond acceptors (Lipinski definition) is 2. The molecule has 1 aromatic rings. The third-order valence-corrected chi connectivity index (χ3v) is 3.94. The topological polar surface area (TPSA) is 23.5 Å². The second kappa shape index (κ2) is 7.42. The lowest BCUT2D eigenvalue weighted by Gasteiger charge is -2.32. The lowest BCUT2D eigenvalue weighted by molar-refractivity contribution is 0.163. The minimum absolute atomic E-state index is 0.199. The van der Waals surface area contributed by atoms with Gasteiger partial charge < -0.3 is 5.11 Å². The van der Waals surface area contributed by atoms with E-state index in [9.17, 15) is 4.39 Å². The van der Waals surface area contributed by atoms with Crippen molar-refractivity contribution >= 4 is 0 Å². The van der Waals surface area contributed by atoms with Crippen LogP contribution in [0, 0.1) is 23.6 Å². The van der Waals surface area contributed by atoms with E-state index in [1.807, 2.05) is 12.1 Å². The first kappa shape index (κ1) is 15.0. The van der Waals surface area contributed by atoms with Gasteiger partial charge in [0.2, 0.25) is 0 Å². The zero-order valence-corrected chi connectivity index (χ0v) is 12.0. The van der Waals surface area contributed by atoms with Crippen LogP contribution in [0.25, 0.3) is 0 Å². The SMILES string of the molecule is CCC1CCCN(Cc2ccc(C#CCO)cc2F)C1. The van der Waals surface area contributed by atoms with E-state index >= 15 is 0 Å². The fraction of sp³-hybridized carbons (Fsp3) is 0.529. The summed E-state index contributed by atoms with van der Waals surface area (Å²) in [4.78, 5) is 2.34. The highest BCUT2D eigenvalue weighted by atomic mass is 19.1. The average molecular weight is 275 g/mol. The third kappa shape index (κ3) is 4.06. The largest absolute Gasteiger partial charge is 0.384 e. The van der Waals surface area contributed by atoms with Crippen LogP contribution in [0.3, 0.4) is 0 Å². The summed E-state index contributed by atoms with van der Waals surface area (Å²) in [7, 11) is 0. The van der Waals surface area contributed by atoms with E-state index in [2.05, 4.69) is 23.7 Å². The second-order valence-electron chi connectivity index (χ2n) is 5.42. The minimum atomic E-state index is -0.201. The molecule has 0 amide bonds. The Kier molecular flexibility index (Phi) is 5.58. The third-order valence-electron chi connectivity index (χ3n) is 3.94. The van der Waals surface area contributed by atoms with Crippen LogP contribution >= 0.6 is 0 Å². The highest BCUT2D eigenvalue weighted by molar-refractivity contribution is 5.37. The fourth-order valence-electron chi connectivity index (χ4n) is 2.76. The van der Waals surface area contributed by atoms with Gasteiger partial charge in [-0.05, 0) is 37.4 Å². The maximum Gasteiger partial charge on any atom is 0.128 e. The summed E-state index contributed by atoms with van der Waals surface area (Å²) in [6.07, 6.45) is 3.71. The summed E-state index contributed by atoms with van der Waals surface area (Å²) in [5, 5.41) is 8.64. The van der Waals surface area contributed by atoms with Gasteiger partial charge in [-0.25, -0.2) is 4.39 Å². The monoisotopic (exact) mass is 275 g/mol. The smallest absolute Gasteiger partial charge is 0.128 e. The number of rotatable bonds is 3. The van der Waals surface area contributed by atoms with Crippen molar-refractivity contribution in [3.8, 4) is 11.8 Å². The quantitative estimate of drug-likeness (QED) is 0.857. The van der Waals surface area contributed by atoms with Gasteiger partial charge in [0, 0.05) is 24.2 Å². The Hall–Kier alpha value is -1.37. The molecule has 0 spiro atoms. The Morgan fingerprint density at radius 1 is 1.45 bits per heavy atom. The van der Waals surface area contributed by atoms with Crippen molar-refractivity contribution in [3.63, 3.8) is 0 Å². The lowest BCUT2D eigenvalue weighted by atomic mass is 9.95. The van der Waals surface area contributed by atoms with E-state index in [1.165, 1.54) is 25.3 Å². The molecular formula is C17H22FNO. The number of aliphatic hydroxyl groups is 1. The normalized spacial score (nSPS) is 19.4. The molecule has 3 heteroatoms. The molecule has 0 saturated carbocycles. The number of hydrogen-bond donors (Lipinski definition) is 1. The van der Waals surface area contributed by atoms with E-state index < -0.39 is 0 Å². The van der Waals surface area contributed by atoms with E-state index in [0.29, 0.717) is 12.1 Å². The Morgan fingerprint density at radius 3 is 3.00 bits per heavy atom. The maximum absolute atomic E-state index is 14.1. The molecule has 1 aromatic carbocycles. The number of halogens is 1. The van der Waals surface area contributed by atoms with Crippen LogP contribution in [0.15, 0.2) is 18.2 Å². The predicted molar refractivity (Wildman–Crippen MR) is 78.7 cm³/mol. The van der Waals surface area contributed by atoms with Crippen molar-refractivity contribution in [2.24, 2.45) is 5.92 Å². The van der Waals surface area contributed by atoms with Crippen LogP contribution in [0.1, 0.15) is 37.3 Å². The van der Waals surface area contributed by atoms with Gasteiger partial charge in [-0.15, -0.1) is 0 Å². The molecule has 0 radical (unpaired) electrons. The Labute approximate surface area is 120 Å². The second-order valence-corrected chi connectivity index (χ2v) is 5.42. The highest BCUT2D eigenvalue weighted by Crippen LogP contribution is 2.21. The number of likely N-dealkylation sites (tertiary alicyclic amines) is 1. The van der Waals surface area contributed by atoms with Crippen LogP contribution in [0.2, 0.25) is 0 Å². The fourth-order valence-corrected chi connectivity index (χ4v) is 2.76. The van der Waals surface area contributed by atoms with Gasteiger partial charge in [-0.1, -0.05) is 31.3 Å². The van der Waals surface area contributed by atoms with Crippen LogP contribution in [-0.4, -0.2) is 29.7 Å². The van der Waals surface area contributed by atoms with Crippen molar-refractivity contribution in [3.05, 3.63) is 35.1 Å². The first-order valence-corrected chi connectivity index (χ1v) is 7.33. The lowest BCUT2D eigenvalue weighted by Crippen LogP contribution is -2.34. The molecule has 1 aliphatic rings. The first-order chi connectivity index (χ1) is 9.72. The van der Waals surface area contributed by atoms with E-state index in [1.54, 1.807) is 0 Å². The Balaban J connectivity index is 2.02. The summed E-state index contributed by atoms with van der Waals surface area (Å²) in [6.45, 7) is 4.83. The molecule has 1 fully saturated rings. The van der Waals surface area contributed by atoms with Crippen molar-refractivity contribution in [2.45, 2.75) is 32.7 Å². The summed E-state index contributed by atoms with van der Waals surface area (Å²) < 4.78 is 14.1. The molecule has 2 nitrogen and oxygen atoms in total. The average Bonchev–Trinajstić information content (AvgIpc) is 2.48. The molecule has 1 heterocycles. The van der Waals surface area contributed by atoms with E-state index in [4.69, 9.17) is 5.11 Å². The molecule has 1 N–H and O–H groups in total. The molecule has 108 valence electrons. The van der Waals surface area contributed by atoms with Gasteiger partial charge in [0.25, 0.3) is 0 Å². The Morgan fingerprint density at radius 2 is 2.30 bits per heavy atom. The summed E-state index contributed by atoms with van der Waals surface area (Å²) in [6, 6.07) is 5.09. The number of nitrogens with zero attached hydrogens (tertiary/aromatic N) is 1. The van der Waals surface area contributed by atoms with E-state index in [-0.39, 0.29) is 12.4 Å².